The van der Waals surface area contributed by atoms with E-state index in [2.05, 4.69) is 20.3 Å². The molecule has 9 nitrogen and oxygen atoms in total. The number of para-hydroxylation sites is 1. The maximum atomic E-state index is 12.9. The molecule has 1 aromatic carbocycles. The number of piperidine rings is 1. The Morgan fingerprint density at radius 1 is 1.27 bits per heavy atom. The van der Waals surface area contributed by atoms with Gasteiger partial charge < -0.3 is 5.11 Å². The summed E-state index contributed by atoms with van der Waals surface area (Å²) in [7, 11) is 0. The van der Waals surface area contributed by atoms with Crippen LogP contribution >= 0.6 is 11.8 Å². The van der Waals surface area contributed by atoms with Gasteiger partial charge in [-0.2, -0.15) is 5.01 Å². The zero-order valence-corrected chi connectivity index (χ0v) is 17.3. The first-order valence-corrected chi connectivity index (χ1v) is 11.2. The van der Waals surface area contributed by atoms with Crippen LogP contribution in [0.15, 0.2) is 49.9 Å². The number of rotatable bonds is 6. The molecule has 1 aliphatic heterocycles. The average molecular weight is 427 g/mol. The van der Waals surface area contributed by atoms with Gasteiger partial charge in [0.05, 0.1) is 28.8 Å². The summed E-state index contributed by atoms with van der Waals surface area (Å²) in [6.45, 7) is 1.82. The minimum absolute atomic E-state index is 0.0483. The highest BCUT2D eigenvalue weighted by Crippen LogP contribution is 2.36. The lowest BCUT2D eigenvalue weighted by Gasteiger charge is -2.17. The second-order valence-corrected chi connectivity index (χ2v) is 8.53. The number of hydrogen-bond acceptors (Lipinski definition) is 8. The molecular formula is C20H22N6O3S. The quantitative estimate of drug-likeness (QED) is 0.192. The second kappa shape index (κ2) is 8.10. The van der Waals surface area contributed by atoms with E-state index in [1.807, 2.05) is 18.2 Å². The van der Waals surface area contributed by atoms with Crippen LogP contribution in [-0.2, 0) is 0 Å². The molecule has 0 atom stereocenters. The Hall–Kier alpha value is -2.88. The van der Waals surface area contributed by atoms with E-state index in [9.17, 15) is 9.90 Å². The predicted molar refractivity (Wildman–Crippen MR) is 111 cm³/mol. The molecule has 5 rings (SSSR count). The van der Waals surface area contributed by atoms with Gasteiger partial charge in [0.15, 0.2) is 5.16 Å². The van der Waals surface area contributed by atoms with Crippen molar-refractivity contribution < 1.29 is 14.4 Å². The Morgan fingerprint density at radius 2 is 2.07 bits per heavy atom. The van der Waals surface area contributed by atoms with Crippen molar-refractivity contribution in [1.82, 2.24) is 14.8 Å². The zero-order chi connectivity index (χ0) is 20.5. The Balaban J connectivity index is 1.33. The van der Waals surface area contributed by atoms with Crippen molar-refractivity contribution in [3.63, 3.8) is 0 Å². The van der Waals surface area contributed by atoms with Crippen molar-refractivity contribution in [2.24, 2.45) is 4.99 Å². The van der Waals surface area contributed by atoms with Gasteiger partial charge in [-0.25, -0.2) is 9.98 Å². The van der Waals surface area contributed by atoms with Crippen LogP contribution in [-0.4, -0.2) is 39.6 Å². The Morgan fingerprint density at radius 3 is 2.87 bits per heavy atom. The molecule has 10 heteroatoms. The highest BCUT2D eigenvalue weighted by atomic mass is 32.2. The van der Waals surface area contributed by atoms with Crippen LogP contribution in [0.1, 0.15) is 38.1 Å². The molecule has 1 saturated carbocycles. The Kier molecular flexibility index (Phi) is 5.16. The van der Waals surface area contributed by atoms with Gasteiger partial charge in [0.2, 0.25) is 5.27 Å². The summed E-state index contributed by atoms with van der Waals surface area (Å²) in [6.07, 6.45) is 6.99. The van der Waals surface area contributed by atoms with E-state index in [1.54, 1.807) is 21.6 Å². The maximum absolute atomic E-state index is 12.9. The third kappa shape index (κ3) is 3.91. The Bertz CT molecular complexity index is 1150. The van der Waals surface area contributed by atoms with Crippen molar-refractivity contribution in [2.75, 3.05) is 23.9 Å². The molecule has 0 N–H and O–H groups in total. The third-order valence-corrected chi connectivity index (χ3v) is 6.25. The van der Waals surface area contributed by atoms with Gasteiger partial charge in [-0.05, 0) is 50.1 Å². The van der Waals surface area contributed by atoms with E-state index in [1.165, 1.54) is 18.2 Å². The van der Waals surface area contributed by atoms with Crippen LogP contribution in [0, 0.1) is 0 Å². The minimum Gasteiger partial charge on any atom is -0.861 e. The van der Waals surface area contributed by atoms with Gasteiger partial charge in [-0.15, -0.1) is 0 Å². The summed E-state index contributed by atoms with van der Waals surface area (Å²) in [5.41, 5.74) is 0.594. The van der Waals surface area contributed by atoms with E-state index in [0.717, 1.165) is 38.8 Å². The van der Waals surface area contributed by atoms with Gasteiger partial charge in [0.1, 0.15) is 0 Å². The van der Waals surface area contributed by atoms with Gasteiger partial charge in [0.25, 0.3) is 11.8 Å². The van der Waals surface area contributed by atoms with Crippen LogP contribution in [0.25, 0.3) is 10.9 Å². The first-order valence-electron chi connectivity index (χ1n) is 10.2. The van der Waals surface area contributed by atoms with E-state index in [0.29, 0.717) is 16.1 Å². The SMILES string of the molecule is O=c1c2ccccc2nc(SC/C([O-])=N\c2c[n+](N3CCCCC3)no2)n1C1CC1. The number of fused-ring (bicyclic) bond motifs is 1. The normalized spacial score (nSPS) is 17.6. The van der Waals surface area contributed by atoms with Crippen LogP contribution in [0.2, 0.25) is 0 Å². The monoisotopic (exact) mass is 426 g/mol. The van der Waals surface area contributed by atoms with E-state index in [-0.39, 0.29) is 29.1 Å². The third-order valence-electron chi connectivity index (χ3n) is 5.31. The summed E-state index contributed by atoms with van der Waals surface area (Å²) >= 11 is 1.24. The molecule has 1 aliphatic carbocycles. The van der Waals surface area contributed by atoms with Crippen molar-refractivity contribution in [3.8, 4) is 0 Å². The lowest BCUT2D eigenvalue weighted by Crippen LogP contribution is -2.60. The molecule has 30 heavy (non-hydrogen) atoms. The fourth-order valence-electron chi connectivity index (χ4n) is 3.66. The van der Waals surface area contributed by atoms with E-state index >= 15 is 0 Å². The number of thioether (sulfide) groups is 1. The van der Waals surface area contributed by atoms with E-state index < -0.39 is 0 Å². The molecule has 0 amide bonds. The molecule has 0 radical (unpaired) electrons. The molecule has 0 bridgehead atoms. The molecule has 156 valence electrons. The molecule has 3 heterocycles. The smallest absolute Gasteiger partial charge is 0.324 e. The van der Waals surface area contributed by atoms with Crippen molar-refractivity contribution in [3.05, 3.63) is 40.8 Å². The molecule has 2 aromatic heterocycles. The second-order valence-electron chi connectivity index (χ2n) is 7.59. The lowest BCUT2D eigenvalue weighted by molar-refractivity contribution is -0.759. The summed E-state index contributed by atoms with van der Waals surface area (Å²) in [4.78, 5) is 23.1. The number of benzene rings is 1. The highest BCUT2D eigenvalue weighted by molar-refractivity contribution is 7.99. The van der Waals surface area contributed by atoms with Crippen LogP contribution in [0.4, 0.5) is 5.88 Å². The fraction of sp³-hybridized carbons (Fsp3) is 0.450. The van der Waals surface area contributed by atoms with Crippen LogP contribution < -0.4 is 20.5 Å². The number of nitrogens with zero attached hydrogens (tertiary/aromatic N) is 6. The zero-order valence-electron chi connectivity index (χ0n) is 16.4. The Labute approximate surface area is 177 Å². The molecule has 1 saturated heterocycles. The predicted octanol–water partition coefficient (Wildman–Crippen LogP) is 1.31. The summed E-state index contributed by atoms with van der Waals surface area (Å²) in [6, 6.07) is 7.47. The molecule has 2 aliphatic rings. The average Bonchev–Trinajstić information content (AvgIpc) is 3.50. The van der Waals surface area contributed by atoms with Gasteiger partial charge in [0, 0.05) is 11.8 Å². The summed E-state index contributed by atoms with van der Waals surface area (Å²) < 4.78 is 6.91. The van der Waals surface area contributed by atoms with Gasteiger partial charge >= 0.3 is 5.88 Å². The largest absolute Gasteiger partial charge is 0.861 e. The first kappa shape index (κ1) is 19.1. The number of aromatic nitrogens is 4. The molecular weight excluding hydrogens is 404 g/mol. The standard InChI is InChI=1S/C20H22N6O3S/c27-17(22-18-12-25(23-29-18)24-10-4-1-5-11-24)13-30-20-21-16-7-3-2-6-15(16)19(28)26(20)14-8-9-14/h2-3,6-7,12,14H,1,4-5,8-11,13H2. The van der Waals surface area contributed by atoms with Crippen LogP contribution in [0.5, 0.6) is 0 Å². The van der Waals surface area contributed by atoms with Gasteiger partial charge in [-0.3, -0.25) is 13.9 Å². The molecule has 0 unspecified atom stereocenters. The minimum atomic E-state index is -0.355. The summed E-state index contributed by atoms with van der Waals surface area (Å²) in [5.74, 6) is -0.106. The lowest BCUT2D eigenvalue weighted by atomic mass is 10.2. The topological polar surface area (TPSA) is 103 Å². The number of hydrogen-bond donors (Lipinski definition) is 0. The highest BCUT2D eigenvalue weighted by Gasteiger charge is 2.28. The maximum Gasteiger partial charge on any atom is 0.324 e. The number of aliphatic imine (C=N–C) groups is 1. The fourth-order valence-corrected chi connectivity index (χ4v) is 4.51. The van der Waals surface area contributed by atoms with E-state index in [4.69, 9.17) is 4.52 Å². The van der Waals surface area contributed by atoms with Crippen molar-refractivity contribution in [2.45, 2.75) is 43.3 Å². The van der Waals surface area contributed by atoms with Gasteiger partial charge in [-0.1, -0.05) is 23.9 Å². The molecule has 3 aromatic rings. The summed E-state index contributed by atoms with van der Waals surface area (Å²) in [5, 5.41) is 19.6. The molecule has 0 spiro atoms. The molecule has 2 fully saturated rings. The first-order chi connectivity index (χ1) is 14.7. The van der Waals surface area contributed by atoms with Crippen molar-refractivity contribution in [1.29, 1.82) is 0 Å². The van der Waals surface area contributed by atoms with Crippen molar-refractivity contribution >= 4 is 34.4 Å². The van der Waals surface area contributed by atoms with Crippen LogP contribution in [0.3, 0.4) is 0 Å².